The number of hydrogen-bond acceptors (Lipinski definition) is 5. The van der Waals surface area contributed by atoms with Gasteiger partial charge in [0.1, 0.15) is 12.2 Å². The molecule has 1 heterocycles. The van der Waals surface area contributed by atoms with Crippen molar-refractivity contribution in [3.05, 3.63) is 101 Å². The summed E-state index contributed by atoms with van der Waals surface area (Å²) in [5.41, 5.74) is 2.57. The van der Waals surface area contributed by atoms with Crippen molar-refractivity contribution in [2.45, 2.75) is 54.5 Å². The van der Waals surface area contributed by atoms with E-state index in [1.165, 1.54) is 12.1 Å². The van der Waals surface area contributed by atoms with E-state index in [-0.39, 0.29) is 28.0 Å². The molecule has 1 saturated carbocycles. The van der Waals surface area contributed by atoms with Crippen molar-refractivity contribution >= 4 is 27.4 Å². The highest BCUT2D eigenvalue weighted by atomic mass is 35.5. The fourth-order valence-corrected chi connectivity index (χ4v) is 6.95. The quantitative estimate of drug-likeness (QED) is 0.377. The van der Waals surface area contributed by atoms with E-state index in [9.17, 15) is 18.3 Å². The number of carboxylic acid groups (broad SMARTS) is 1. The van der Waals surface area contributed by atoms with Crippen LogP contribution in [0.5, 0.6) is 0 Å². The highest BCUT2D eigenvalue weighted by molar-refractivity contribution is 7.90. The van der Waals surface area contributed by atoms with Crippen molar-refractivity contribution in [3.8, 4) is 0 Å². The second-order valence-corrected chi connectivity index (χ2v) is 12.4. The van der Waals surface area contributed by atoms with Crippen LogP contribution in [0.25, 0.3) is 0 Å². The van der Waals surface area contributed by atoms with Gasteiger partial charge in [0.25, 0.3) is 0 Å². The van der Waals surface area contributed by atoms with Gasteiger partial charge in [0.15, 0.2) is 15.6 Å². The van der Waals surface area contributed by atoms with E-state index in [2.05, 4.69) is 0 Å². The van der Waals surface area contributed by atoms with Crippen LogP contribution in [0.3, 0.4) is 0 Å². The largest absolute Gasteiger partial charge is 0.481 e. The third-order valence-electron chi connectivity index (χ3n) is 7.37. The molecule has 6 nitrogen and oxygen atoms in total. The van der Waals surface area contributed by atoms with E-state index >= 15 is 0 Å². The number of rotatable bonds is 7. The van der Waals surface area contributed by atoms with E-state index < -0.39 is 27.5 Å². The molecule has 1 saturated heterocycles. The molecule has 0 aromatic heterocycles. The Kier molecular flexibility index (Phi) is 7.16. The Morgan fingerprint density at radius 2 is 1.57 bits per heavy atom. The molecule has 2 aliphatic rings. The lowest BCUT2D eigenvalue weighted by Crippen LogP contribution is -2.27. The molecular formula is C29H29ClO6S. The number of ether oxygens (including phenoxy) is 2. The van der Waals surface area contributed by atoms with E-state index in [1.807, 2.05) is 60.7 Å². The summed E-state index contributed by atoms with van der Waals surface area (Å²) in [6.45, 7) is 0. The van der Waals surface area contributed by atoms with Gasteiger partial charge in [-0.2, -0.15) is 0 Å². The second-order valence-electron chi connectivity index (χ2n) is 10.0. The summed E-state index contributed by atoms with van der Waals surface area (Å²) < 4.78 is 37.2. The van der Waals surface area contributed by atoms with Crippen molar-refractivity contribution in [2.24, 2.45) is 5.92 Å². The van der Waals surface area contributed by atoms with Crippen molar-refractivity contribution in [1.29, 1.82) is 0 Å². The zero-order chi connectivity index (χ0) is 26.2. The molecule has 0 bridgehead atoms. The van der Waals surface area contributed by atoms with Gasteiger partial charge in [-0.1, -0.05) is 78.3 Å². The van der Waals surface area contributed by atoms with Crippen LogP contribution in [0.1, 0.15) is 60.5 Å². The van der Waals surface area contributed by atoms with Gasteiger partial charge in [-0.3, -0.25) is 4.79 Å². The first kappa shape index (κ1) is 25.9. The van der Waals surface area contributed by atoms with Gasteiger partial charge in [0.2, 0.25) is 0 Å². The van der Waals surface area contributed by atoms with Gasteiger partial charge in [-0.15, -0.1) is 0 Å². The molecule has 1 N–H and O–H groups in total. The lowest BCUT2D eigenvalue weighted by molar-refractivity contribution is -0.173. The van der Waals surface area contributed by atoms with E-state index in [0.29, 0.717) is 24.8 Å². The Morgan fingerprint density at radius 1 is 1.00 bits per heavy atom. The zero-order valence-corrected chi connectivity index (χ0v) is 22.0. The van der Waals surface area contributed by atoms with Crippen LogP contribution in [0.4, 0.5) is 0 Å². The summed E-state index contributed by atoms with van der Waals surface area (Å²) in [6, 6.07) is 24.4. The van der Waals surface area contributed by atoms with E-state index in [1.54, 1.807) is 6.07 Å². The number of halogens is 1. The number of carbonyl (C=O) groups is 1. The minimum atomic E-state index is -3.50. The van der Waals surface area contributed by atoms with Crippen LogP contribution < -0.4 is 0 Å². The maximum atomic E-state index is 12.2. The highest BCUT2D eigenvalue weighted by Gasteiger charge is 2.52. The van der Waals surface area contributed by atoms with Crippen LogP contribution in [0, 0.1) is 5.92 Å². The zero-order valence-electron chi connectivity index (χ0n) is 20.4. The standard InChI is InChI=1S/C29H29ClO6S/c1-37(33,34)25-13-12-22(17-24(25)30)23(28(31)32)16-19-14-15-29(18-19)35-26(20-8-4-2-5-9-20)27(36-29)21-10-6-3-7-11-21/h2-13,17,19,23,26-27H,14-16,18H2,1H3,(H,31,32)/t19-,23?,26-,27-/m1/s1. The molecule has 0 radical (unpaired) electrons. The minimum Gasteiger partial charge on any atom is -0.481 e. The summed E-state index contributed by atoms with van der Waals surface area (Å²) in [7, 11) is -3.50. The van der Waals surface area contributed by atoms with Gasteiger partial charge in [0.05, 0.1) is 15.8 Å². The molecule has 1 unspecified atom stereocenters. The van der Waals surface area contributed by atoms with Gasteiger partial charge < -0.3 is 14.6 Å². The number of hydrogen-bond donors (Lipinski definition) is 1. The molecule has 8 heteroatoms. The van der Waals surface area contributed by atoms with Gasteiger partial charge in [-0.25, -0.2) is 8.42 Å². The summed E-state index contributed by atoms with van der Waals surface area (Å²) in [5.74, 6) is -2.52. The molecule has 1 aliphatic carbocycles. The molecule has 1 spiro atoms. The van der Waals surface area contributed by atoms with E-state index in [4.69, 9.17) is 21.1 Å². The van der Waals surface area contributed by atoms with Crippen LogP contribution in [-0.4, -0.2) is 31.5 Å². The molecule has 194 valence electrons. The number of sulfone groups is 1. The first-order valence-electron chi connectivity index (χ1n) is 12.3. The van der Waals surface area contributed by atoms with Crippen molar-refractivity contribution < 1.29 is 27.8 Å². The topological polar surface area (TPSA) is 89.9 Å². The molecule has 1 aliphatic heterocycles. The highest BCUT2D eigenvalue weighted by Crippen LogP contribution is 2.55. The Hall–Kier alpha value is -2.71. The van der Waals surface area contributed by atoms with Crippen molar-refractivity contribution in [1.82, 2.24) is 0 Å². The molecular weight excluding hydrogens is 512 g/mol. The third kappa shape index (κ3) is 5.46. The Labute approximate surface area is 222 Å². The third-order valence-corrected chi connectivity index (χ3v) is 8.95. The number of benzene rings is 3. The Balaban J connectivity index is 1.36. The van der Waals surface area contributed by atoms with Gasteiger partial charge in [-0.05, 0) is 47.6 Å². The number of carboxylic acids is 1. The predicted octanol–water partition coefficient (Wildman–Crippen LogP) is 6.33. The lowest BCUT2D eigenvalue weighted by atomic mass is 9.88. The first-order chi connectivity index (χ1) is 17.7. The van der Waals surface area contributed by atoms with Crippen LogP contribution in [0.2, 0.25) is 5.02 Å². The fourth-order valence-electron chi connectivity index (χ4n) is 5.62. The van der Waals surface area contributed by atoms with Crippen molar-refractivity contribution in [3.63, 3.8) is 0 Å². The summed E-state index contributed by atoms with van der Waals surface area (Å²) >= 11 is 6.21. The second kappa shape index (κ2) is 10.2. The summed E-state index contributed by atoms with van der Waals surface area (Å²) in [6.07, 6.45) is 2.95. The molecule has 5 rings (SSSR count). The smallest absolute Gasteiger partial charge is 0.310 e. The normalized spacial score (nSPS) is 23.8. The molecule has 2 fully saturated rings. The van der Waals surface area contributed by atoms with Crippen LogP contribution in [0.15, 0.2) is 83.8 Å². The monoisotopic (exact) mass is 540 g/mol. The van der Waals surface area contributed by atoms with Crippen molar-refractivity contribution in [2.75, 3.05) is 6.26 Å². The fraction of sp³-hybridized carbons (Fsp3) is 0.345. The van der Waals surface area contributed by atoms with Crippen LogP contribution >= 0.6 is 11.6 Å². The average molecular weight is 541 g/mol. The molecule has 3 aromatic rings. The van der Waals surface area contributed by atoms with Gasteiger partial charge in [0, 0.05) is 19.1 Å². The Bertz CT molecular complexity index is 1330. The minimum absolute atomic E-state index is 0.00598. The molecule has 0 amide bonds. The Morgan fingerprint density at radius 3 is 2.05 bits per heavy atom. The molecule has 4 atom stereocenters. The predicted molar refractivity (Wildman–Crippen MR) is 140 cm³/mol. The lowest BCUT2D eigenvalue weighted by Gasteiger charge is -2.24. The van der Waals surface area contributed by atoms with E-state index in [0.717, 1.165) is 23.8 Å². The number of aliphatic carboxylic acids is 1. The SMILES string of the molecule is CS(=O)(=O)c1ccc(C(C[C@H]2CCC3(C2)O[C@H](c2ccccc2)[C@@H](c2ccccc2)O3)C(=O)O)cc1Cl. The van der Waals surface area contributed by atoms with Gasteiger partial charge >= 0.3 is 5.97 Å². The molecule has 3 aromatic carbocycles. The average Bonchev–Trinajstić information content (AvgIpc) is 3.45. The molecule has 37 heavy (non-hydrogen) atoms. The summed E-state index contributed by atoms with van der Waals surface area (Å²) in [5, 5.41) is 10.1. The maximum Gasteiger partial charge on any atom is 0.310 e. The van der Waals surface area contributed by atoms with Crippen LogP contribution in [-0.2, 0) is 24.1 Å². The maximum absolute atomic E-state index is 12.2. The summed E-state index contributed by atoms with van der Waals surface area (Å²) in [4.78, 5) is 12.2. The first-order valence-corrected chi connectivity index (χ1v) is 14.6.